The molecule has 4 heterocycles. The number of aromatic nitrogens is 3. The van der Waals surface area contributed by atoms with Gasteiger partial charge in [-0.1, -0.05) is 23.4 Å². The number of amides is 2. The van der Waals surface area contributed by atoms with E-state index in [2.05, 4.69) is 20.4 Å². The molecule has 1 aromatic carbocycles. The molecule has 1 N–H and O–H groups in total. The molecule has 2 fully saturated rings. The Balaban J connectivity index is 1.16. The molecule has 8 nitrogen and oxygen atoms in total. The van der Waals surface area contributed by atoms with Crippen molar-refractivity contribution >= 4 is 11.7 Å². The summed E-state index contributed by atoms with van der Waals surface area (Å²) in [4.78, 5) is 23.1. The zero-order valence-electron chi connectivity index (χ0n) is 17.9. The van der Waals surface area contributed by atoms with Crippen LogP contribution in [0.15, 0.2) is 59.4 Å². The Bertz CT molecular complexity index is 1030. The van der Waals surface area contributed by atoms with Crippen molar-refractivity contribution in [1.29, 1.82) is 0 Å². The highest BCUT2D eigenvalue weighted by molar-refractivity contribution is 5.89. The van der Waals surface area contributed by atoms with E-state index >= 15 is 0 Å². The van der Waals surface area contributed by atoms with Gasteiger partial charge in [-0.2, -0.15) is 4.98 Å². The zero-order valence-corrected chi connectivity index (χ0v) is 17.9. The summed E-state index contributed by atoms with van der Waals surface area (Å²) in [6, 6.07) is 13.3. The number of nitrogens with zero attached hydrogens (tertiary/aromatic N) is 4. The lowest BCUT2D eigenvalue weighted by molar-refractivity contribution is -0.123. The van der Waals surface area contributed by atoms with Crippen molar-refractivity contribution in [2.75, 3.05) is 25.0 Å². The van der Waals surface area contributed by atoms with Gasteiger partial charge in [0.05, 0.1) is 5.60 Å². The van der Waals surface area contributed by atoms with Crippen molar-refractivity contribution in [3.8, 4) is 11.4 Å². The molecule has 0 bridgehead atoms. The van der Waals surface area contributed by atoms with Crippen LogP contribution in [0.3, 0.4) is 0 Å². The van der Waals surface area contributed by atoms with E-state index in [-0.39, 0.29) is 11.6 Å². The van der Waals surface area contributed by atoms with Crippen molar-refractivity contribution < 1.29 is 14.1 Å². The first kappa shape index (κ1) is 20.6. The maximum atomic E-state index is 12.6. The first-order valence-electron chi connectivity index (χ1n) is 11.2. The number of hydrogen-bond acceptors (Lipinski definition) is 6. The molecule has 0 aliphatic carbocycles. The largest absolute Gasteiger partial charge is 0.375 e. The fourth-order valence-electron chi connectivity index (χ4n) is 4.70. The van der Waals surface area contributed by atoms with Crippen LogP contribution in [0, 0.1) is 5.92 Å². The van der Waals surface area contributed by atoms with Crippen LogP contribution < -0.4 is 5.32 Å². The van der Waals surface area contributed by atoms with Gasteiger partial charge in [0.2, 0.25) is 11.7 Å². The van der Waals surface area contributed by atoms with Gasteiger partial charge in [-0.25, -0.2) is 4.79 Å². The van der Waals surface area contributed by atoms with E-state index in [4.69, 9.17) is 9.26 Å². The molecule has 0 saturated carbocycles. The number of para-hydroxylation sites is 1. The molecule has 3 aromatic rings. The Morgan fingerprint density at radius 1 is 1.12 bits per heavy atom. The van der Waals surface area contributed by atoms with Crippen LogP contribution in [0.1, 0.15) is 31.6 Å². The van der Waals surface area contributed by atoms with Crippen molar-refractivity contribution in [3.05, 3.63) is 60.7 Å². The Morgan fingerprint density at radius 2 is 1.91 bits per heavy atom. The van der Waals surface area contributed by atoms with Gasteiger partial charge in [0, 0.05) is 49.8 Å². The third-order valence-electron chi connectivity index (χ3n) is 6.45. The smallest absolute Gasteiger partial charge is 0.321 e. The summed E-state index contributed by atoms with van der Waals surface area (Å²) in [5.41, 5.74) is 1.55. The number of piperidine rings is 1. The standard InChI is InChI=1S/C24H27N5O3/c30-23(26-20-4-2-1-3-5-20)29-13-9-24(10-14-29)17-18(8-15-31-24)16-21-27-22(28-32-21)19-6-11-25-12-7-19/h1-7,11-12,18H,8-10,13-17H2,(H,26,30). The van der Waals surface area contributed by atoms with E-state index in [9.17, 15) is 4.79 Å². The molecule has 2 saturated heterocycles. The average molecular weight is 434 g/mol. The third-order valence-corrected chi connectivity index (χ3v) is 6.45. The number of carbonyl (C=O) groups excluding carboxylic acids is 1. The maximum Gasteiger partial charge on any atom is 0.321 e. The summed E-state index contributed by atoms with van der Waals surface area (Å²) in [5.74, 6) is 1.69. The number of urea groups is 1. The van der Waals surface area contributed by atoms with Crippen molar-refractivity contribution in [1.82, 2.24) is 20.0 Å². The molecule has 2 aliphatic rings. The molecule has 1 atom stereocenters. The molecule has 1 unspecified atom stereocenters. The quantitative estimate of drug-likeness (QED) is 0.664. The highest BCUT2D eigenvalue weighted by Gasteiger charge is 2.41. The van der Waals surface area contributed by atoms with Gasteiger partial charge in [-0.15, -0.1) is 0 Å². The summed E-state index contributed by atoms with van der Waals surface area (Å²) in [6.07, 6.45) is 7.82. The minimum Gasteiger partial charge on any atom is -0.375 e. The zero-order chi connectivity index (χ0) is 21.8. The lowest BCUT2D eigenvalue weighted by atomic mass is 9.78. The number of pyridine rings is 1. The molecule has 2 aliphatic heterocycles. The fourth-order valence-corrected chi connectivity index (χ4v) is 4.70. The minimum absolute atomic E-state index is 0.0482. The van der Waals surface area contributed by atoms with E-state index in [0.29, 0.717) is 30.7 Å². The predicted octanol–water partition coefficient (Wildman–Crippen LogP) is 4.17. The minimum atomic E-state index is -0.166. The first-order valence-corrected chi connectivity index (χ1v) is 11.2. The first-order chi connectivity index (χ1) is 15.7. The molecule has 2 amide bonds. The summed E-state index contributed by atoms with van der Waals surface area (Å²) in [5, 5.41) is 7.10. The second-order valence-electron chi connectivity index (χ2n) is 8.63. The normalized spacial score (nSPS) is 20.2. The molecule has 1 spiro atoms. The van der Waals surface area contributed by atoms with E-state index in [0.717, 1.165) is 50.0 Å². The summed E-state index contributed by atoms with van der Waals surface area (Å²) < 4.78 is 11.8. The number of rotatable bonds is 4. The van der Waals surface area contributed by atoms with Gasteiger partial charge in [-0.05, 0) is 55.9 Å². The van der Waals surface area contributed by atoms with Gasteiger partial charge >= 0.3 is 6.03 Å². The molecular weight excluding hydrogens is 406 g/mol. The molecule has 32 heavy (non-hydrogen) atoms. The molecule has 5 rings (SSSR count). The van der Waals surface area contributed by atoms with E-state index in [1.807, 2.05) is 47.4 Å². The number of likely N-dealkylation sites (tertiary alicyclic amines) is 1. The van der Waals surface area contributed by atoms with Crippen LogP contribution in [0.25, 0.3) is 11.4 Å². The molecule has 8 heteroatoms. The van der Waals surface area contributed by atoms with Crippen LogP contribution in [-0.2, 0) is 11.2 Å². The Hall–Kier alpha value is -3.26. The maximum absolute atomic E-state index is 12.6. The monoisotopic (exact) mass is 433 g/mol. The highest BCUT2D eigenvalue weighted by atomic mass is 16.5. The van der Waals surface area contributed by atoms with Gasteiger partial charge in [0.25, 0.3) is 0 Å². The fraction of sp³-hybridized carbons (Fsp3) is 0.417. The second-order valence-corrected chi connectivity index (χ2v) is 8.63. The van der Waals surface area contributed by atoms with Crippen LogP contribution in [0.2, 0.25) is 0 Å². The van der Waals surface area contributed by atoms with E-state index in [1.165, 1.54) is 0 Å². The van der Waals surface area contributed by atoms with E-state index < -0.39 is 0 Å². The lowest BCUT2D eigenvalue weighted by Crippen LogP contribution is -2.51. The van der Waals surface area contributed by atoms with Crippen LogP contribution >= 0.6 is 0 Å². The number of anilines is 1. The van der Waals surface area contributed by atoms with Crippen molar-refractivity contribution in [2.24, 2.45) is 5.92 Å². The second kappa shape index (κ2) is 9.08. The van der Waals surface area contributed by atoms with E-state index in [1.54, 1.807) is 12.4 Å². The molecular formula is C24H27N5O3. The van der Waals surface area contributed by atoms with Gasteiger partial charge in [0.1, 0.15) is 0 Å². The third kappa shape index (κ3) is 4.65. The summed E-state index contributed by atoms with van der Waals surface area (Å²) in [6.45, 7) is 2.11. The van der Waals surface area contributed by atoms with Crippen LogP contribution in [0.5, 0.6) is 0 Å². The Kier molecular flexibility index (Phi) is 5.85. The van der Waals surface area contributed by atoms with Gasteiger partial charge in [0.15, 0.2) is 0 Å². The summed E-state index contributed by atoms with van der Waals surface area (Å²) >= 11 is 0. The number of ether oxygens (including phenoxy) is 1. The molecule has 166 valence electrons. The van der Waals surface area contributed by atoms with Crippen LogP contribution in [0.4, 0.5) is 10.5 Å². The Morgan fingerprint density at radius 3 is 2.69 bits per heavy atom. The number of benzene rings is 1. The number of hydrogen-bond donors (Lipinski definition) is 1. The van der Waals surface area contributed by atoms with Crippen molar-refractivity contribution in [2.45, 2.75) is 37.7 Å². The topological polar surface area (TPSA) is 93.4 Å². The van der Waals surface area contributed by atoms with Crippen LogP contribution in [-0.4, -0.2) is 51.4 Å². The van der Waals surface area contributed by atoms with Crippen molar-refractivity contribution in [3.63, 3.8) is 0 Å². The SMILES string of the molecule is O=C(Nc1ccccc1)N1CCC2(CC1)CC(Cc1nc(-c3ccncc3)no1)CCO2. The average Bonchev–Trinajstić information content (AvgIpc) is 3.29. The van der Waals surface area contributed by atoms with Gasteiger partial charge in [-0.3, -0.25) is 4.98 Å². The summed E-state index contributed by atoms with van der Waals surface area (Å²) in [7, 11) is 0. The Labute approximate surface area is 187 Å². The highest BCUT2D eigenvalue weighted by Crippen LogP contribution is 2.39. The predicted molar refractivity (Wildman–Crippen MR) is 119 cm³/mol. The number of carbonyl (C=O) groups is 1. The molecule has 2 aromatic heterocycles. The molecule has 0 radical (unpaired) electrons. The lowest BCUT2D eigenvalue weighted by Gasteiger charge is -2.46. The number of nitrogens with one attached hydrogen (secondary N) is 1. The van der Waals surface area contributed by atoms with Gasteiger partial charge < -0.3 is 19.5 Å².